The van der Waals surface area contributed by atoms with Gasteiger partial charge < -0.3 is 15.9 Å². The van der Waals surface area contributed by atoms with Gasteiger partial charge in [-0.25, -0.2) is 4.98 Å². The summed E-state index contributed by atoms with van der Waals surface area (Å²) in [5.41, 5.74) is 16.4. The number of rotatable bonds is 1. The Morgan fingerprint density at radius 2 is 1.94 bits per heavy atom. The average molecular weight is 239 g/mol. The van der Waals surface area contributed by atoms with Gasteiger partial charge >= 0.3 is 0 Å². The van der Waals surface area contributed by atoms with Crippen LogP contribution in [0.4, 0.5) is 11.4 Å². The van der Waals surface area contributed by atoms with Crippen LogP contribution in [0.1, 0.15) is 5.56 Å². The molecule has 0 fully saturated rings. The van der Waals surface area contributed by atoms with Gasteiger partial charge in [0.25, 0.3) is 0 Å². The van der Waals surface area contributed by atoms with E-state index in [1.807, 2.05) is 31.2 Å². The summed E-state index contributed by atoms with van der Waals surface area (Å²) < 4.78 is 5.72. The second-order valence-electron chi connectivity index (χ2n) is 4.27. The minimum atomic E-state index is 0.570. The molecule has 0 saturated heterocycles. The zero-order chi connectivity index (χ0) is 12.7. The minimum Gasteiger partial charge on any atom is -0.436 e. The molecule has 3 rings (SSSR count). The van der Waals surface area contributed by atoms with E-state index in [0.717, 1.165) is 22.3 Å². The molecule has 0 aliphatic heterocycles. The summed E-state index contributed by atoms with van der Waals surface area (Å²) in [6, 6.07) is 11.1. The fraction of sp³-hybridized carbons (Fsp3) is 0.0714. The van der Waals surface area contributed by atoms with Gasteiger partial charge in [-0.15, -0.1) is 0 Å². The largest absolute Gasteiger partial charge is 0.436 e. The van der Waals surface area contributed by atoms with Gasteiger partial charge in [0.05, 0.1) is 0 Å². The molecule has 0 atom stereocenters. The monoisotopic (exact) mass is 239 g/mol. The predicted octanol–water partition coefficient (Wildman–Crippen LogP) is 2.97. The van der Waals surface area contributed by atoms with Crippen LogP contribution in [0.3, 0.4) is 0 Å². The Morgan fingerprint density at radius 3 is 2.78 bits per heavy atom. The number of benzene rings is 2. The van der Waals surface area contributed by atoms with E-state index >= 15 is 0 Å². The van der Waals surface area contributed by atoms with E-state index in [1.165, 1.54) is 0 Å². The van der Waals surface area contributed by atoms with Crippen molar-refractivity contribution in [1.82, 2.24) is 4.98 Å². The quantitative estimate of drug-likeness (QED) is 0.640. The molecule has 0 aliphatic rings. The Balaban J connectivity index is 2.22. The number of oxazole rings is 1. The number of nitrogens with two attached hydrogens (primary N) is 2. The molecule has 2 aromatic carbocycles. The van der Waals surface area contributed by atoms with Crippen molar-refractivity contribution in [2.75, 3.05) is 11.5 Å². The van der Waals surface area contributed by atoms with Gasteiger partial charge in [-0.1, -0.05) is 6.07 Å². The normalized spacial score (nSPS) is 10.9. The van der Waals surface area contributed by atoms with Crippen LogP contribution >= 0.6 is 0 Å². The molecule has 4 heteroatoms. The van der Waals surface area contributed by atoms with Gasteiger partial charge in [0.1, 0.15) is 5.52 Å². The molecule has 18 heavy (non-hydrogen) atoms. The maximum absolute atomic E-state index is 5.89. The molecule has 0 unspecified atom stereocenters. The number of fused-ring (bicyclic) bond motifs is 1. The van der Waals surface area contributed by atoms with Crippen molar-refractivity contribution < 1.29 is 4.42 Å². The molecule has 4 N–H and O–H groups in total. The lowest BCUT2D eigenvalue weighted by molar-refractivity contribution is 0.619. The summed E-state index contributed by atoms with van der Waals surface area (Å²) in [4.78, 5) is 4.45. The van der Waals surface area contributed by atoms with E-state index in [1.54, 1.807) is 12.1 Å². The lowest BCUT2D eigenvalue weighted by Gasteiger charge is -2.03. The summed E-state index contributed by atoms with van der Waals surface area (Å²) in [5, 5.41) is 0. The first kappa shape index (κ1) is 10.7. The zero-order valence-corrected chi connectivity index (χ0v) is 9.97. The fourth-order valence-electron chi connectivity index (χ4n) is 1.94. The topological polar surface area (TPSA) is 78.1 Å². The lowest BCUT2D eigenvalue weighted by atomic mass is 10.1. The van der Waals surface area contributed by atoms with E-state index in [4.69, 9.17) is 15.9 Å². The molecule has 1 heterocycles. The summed E-state index contributed by atoms with van der Waals surface area (Å²) in [5.74, 6) is 0.570. The van der Waals surface area contributed by atoms with Crippen molar-refractivity contribution in [2.45, 2.75) is 6.92 Å². The molecule has 1 aromatic heterocycles. The Morgan fingerprint density at radius 1 is 1.11 bits per heavy atom. The highest BCUT2D eigenvalue weighted by atomic mass is 16.3. The van der Waals surface area contributed by atoms with Crippen LogP contribution in [0.15, 0.2) is 40.8 Å². The van der Waals surface area contributed by atoms with Crippen molar-refractivity contribution in [1.29, 1.82) is 0 Å². The van der Waals surface area contributed by atoms with Crippen LogP contribution in [-0.2, 0) is 0 Å². The SMILES string of the molecule is Cc1c(N)cccc1-c1nc2ccc(N)cc2o1. The number of aromatic nitrogens is 1. The summed E-state index contributed by atoms with van der Waals surface area (Å²) in [6.07, 6.45) is 0. The molecule has 0 spiro atoms. The van der Waals surface area contributed by atoms with Crippen LogP contribution in [0.25, 0.3) is 22.6 Å². The maximum Gasteiger partial charge on any atom is 0.227 e. The highest BCUT2D eigenvalue weighted by Crippen LogP contribution is 2.29. The average Bonchev–Trinajstić information content (AvgIpc) is 2.75. The Kier molecular flexibility index (Phi) is 2.23. The van der Waals surface area contributed by atoms with Gasteiger partial charge in [0, 0.05) is 23.0 Å². The van der Waals surface area contributed by atoms with Crippen LogP contribution in [0.5, 0.6) is 0 Å². The molecule has 3 aromatic rings. The number of nitrogen functional groups attached to an aromatic ring is 2. The third-order valence-electron chi connectivity index (χ3n) is 3.02. The molecular formula is C14H13N3O. The first-order chi connectivity index (χ1) is 8.65. The molecular weight excluding hydrogens is 226 g/mol. The second kappa shape index (κ2) is 3.77. The van der Waals surface area contributed by atoms with Crippen molar-refractivity contribution >= 4 is 22.5 Å². The summed E-state index contributed by atoms with van der Waals surface area (Å²) >= 11 is 0. The minimum absolute atomic E-state index is 0.570. The Hall–Kier alpha value is -2.49. The van der Waals surface area contributed by atoms with Crippen molar-refractivity contribution in [3.05, 3.63) is 42.0 Å². The zero-order valence-electron chi connectivity index (χ0n) is 9.97. The second-order valence-corrected chi connectivity index (χ2v) is 4.27. The predicted molar refractivity (Wildman–Crippen MR) is 73.0 cm³/mol. The maximum atomic E-state index is 5.89. The van der Waals surface area contributed by atoms with Crippen molar-refractivity contribution in [2.24, 2.45) is 0 Å². The van der Waals surface area contributed by atoms with Gasteiger partial charge in [-0.2, -0.15) is 0 Å². The first-order valence-corrected chi connectivity index (χ1v) is 5.66. The van der Waals surface area contributed by atoms with E-state index in [0.29, 0.717) is 17.2 Å². The molecule has 0 saturated carbocycles. The van der Waals surface area contributed by atoms with E-state index < -0.39 is 0 Å². The molecule has 90 valence electrons. The lowest BCUT2D eigenvalue weighted by Crippen LogP contribution is -1.91. The van der Waals surface area contributed by atoms with Crippen molar-refractivity contribution in [3.8, 4) is 11.5 Å². The van der Waals surface area contributed by atoms with Gasteiger partial charge in [-0.05, 0) is 36.8 Å². The Labute approximate surface area is 104 Å². The van der Waals surface area contributed by atoms with Gasteiger partial charge in [0.2, 0.25) is 5.89 Å². The Bertz CT molecular complexity index is 731. The number of hydrogen-bond donors (Lipinski definition) is 2. The number of anilines is 2. The summed E-state index contributed by atoms with van der Waals surface area (Å²) in [6.45, 7) is 1.95. The van der Waals surface area contributed by atoms with Gasteiger partial charge in [0.15, 0.2) is 5.58 Å². The molecule has 0 radical (unpaired) electrons. The standard InChI is InChI=1S/C14H13N3O/c1-8-10(3-2-4-11(8)16)14-17-12-6-5-9(15)7-13(12)18-14/h2-7H,15-16H2,1H3. The molecule has 0 bridgehead atoms. The van der Waals surface area contributed by atoms with Crippen LogP contribution in [0, 0.1) is 6.92 Å². The van der Waals surface area contributed by atoms with E-state index in [2.05, 4.69) is 4.98 Å². The van der Waals surface area contributed by atoms with Crippen LogP contribution < -0.4 is 11.5 Å². The molecule has 0 aliphatic carbocycles. The van der Waals surface area contributed by atoms with Gasteiger partial charge in [-0.3, -0.25) is 0 Å². The third kappa shape index (κ3) is 1.59. The molecule has 0 amide bonds. The first-order valence-electron chi connectivity index (χ1n) is 5.66. The highest BCUT2D eigenvalue weighted by molar-refractivity contribution is 5.80. The molecule has 4 nitrogen and oxygen atoms in total. The van der Waals surface area contributed by atoms with Crippen LogP contribution in [-0.4, -0.2) is 4.98 Å². The van der Waals surface area contributed by atoms with Crippen molar-refractivity contribution in [3.63, 3.8) is 0 Å². The summed E-state index contributed by atoms with van der Waals surface area (Å²) in [7, 11) is 0. The number of nitrogens with zero attached hydrogens (tertiary/aromatic N) is 1. The highest BCUT2D eigenvalue weighted by Gasteiger charge is 2.11. The van der Waals surface area contributed by atoms with Crippen LogP contribution in [0.2, 0.25) is 0 Å². The smallest absolute Gasteiger partial charge is 0.227 e. The number of hydrogen-bond acceptors (Lipinski definition) is 4. The third-order valence-corrected chi connectivity index (χ3v) is 3.02. The van der Waals surface area contributed by atoms with E-state index in [9.17, 15) is 0 Å². The fourth-order valence-corrected chi connectivity index (χ4v) is 1.94. The van der Waals surface area contributed by atoms with E-state index in [-0.39, 0.29) is 0 Å².